The van der Waals surface area contributed by atoms with E-state index in [1.165, 1.54) is 19.5 Å². The summed E-state index contributed by atoms with van der Waals surface area (Å²) in [6, 6.07) is 34.1. The van der Waals surface area contributed by atoms with E-state index in [1.807, 2.05) is 24.5 Å². The van der Waals surface area contributed by atoms with Crippen molar-refractivity contribution >= 4 is 8.33 Å². The van der Waals surface area contributed by atoms with Gasteiger partial charge < -0.3 is 0 Å². The van der Waals surface area contributed by atoms with Crippen LogP contribution >= 0.6 is 0 Å². The molecule has 0 saturated heterocycles. The minimum atomic E-state index is -2.41. The normalized spacial score (nSPS) is 11.9. The molecule has 4 aromatic rings. The molecule has 3 heteroatoms. The number of hydrogen-bond donors (Lipinski definition) is 0. The Hall–Kier alpha value is -2.60. The zero-order valence-corrected chi connectivity index (χ0v) is 16.6. The summed E-state index contributed by atoms with van der Waals surface area (Å²) in [6.07, 6.45) is 3.83. The standard InChI is InChI=1S/2C7H7.2C5H4N.Pd/c2*1-7-5-3-2-4-6-7;2*1-2-4-6-5-3-1;/h2*2-6H,1H2;2*1-4H;. The molecule has 2 heterocycles. The fourth-order valence-corrected chi connectivity index (χ4v) is 9.84. The zero-order chi connectivity index (χ0) is 18.4. The molecule has 2 aromatic carbocycles. The molecule has 0 spiro atoms. The first-order valence-electron chi connectivity index (χ1n) is 8.83. The number of aromatic nitrogens is 2. The van der Waals surface area contributed by atoms with E-state index in [-0.39, 0.29) is 0 Å². The number of hydrogen-bond acceptors (Lipinski definition) is 2. The summed E-state index contributed by atoms with van der Waals surface area (Å²) in [5.74, 6) is 0. The summed E-state index contributed by atoms with van der Waals surface area (Å²) in [4.78, 5) is 11.7. The van der Waals surface area contributed by atoms with Gasteiger partial charge in [0, 0.05) is 0 Å². The van der Waals surface area contributed by atoms with Gasteiger partial charge in [0.05, 0.1) is 0 Å². The van der Waals surface area contributed by atoms with Crippen molar-refractivity contribution in [3.63, 3.8) is 0 Å². The van der Waals surface area contributed by atoms with E-state index >= 15 is 0 Å². The molecule has 4 rings (SSSR count). The van der Waals surface area contributed by atoms with Crippen LogP contribution in [0, 0.1) is 0 Å². The Morgan fingerprint density at radius 3 is 1.26 bits per heavy atom. The van der Waals surface area contributed by atoms with Crippen LogP contribution in [0.4, 0.5) is 0 Å². The summed E-state index contributed by atoms with van der Waals surface area (Å²) >= 11 is -2.41. The second-order valence-corrected chi connectivity index (χ2v) is 12.2. The Morgan fingerprint density at radius 2 is 0.889 bits per heavy atom. The molecule has 27 heavy (non-hydrogen) atoms. The van der Waals surface area contributed by atoms with Crippen molar-refractivity contribution < 1.29 is 15.5 Å². The third kappa shape index (κ3) is 4.06. The fourth-order valence-electron chi connectivity index (χ4n) is 2.92. The van der Waals surface area contributed by atoms with E-state index in [4.69, 9.17) is 9.97 Å². The van der Waals surface area contributed by atoms with E-state index in [0.717, 1.165) is 9.79 Å². The van der Waals surface area contributed by atoms with E-state index in [0.29, 0.717) is 0 Å². The molecule has 0 radical (unpaired) electrons. The average Bonchev–Trinajstić information content (AvgIpc) is 2.76. The molecule has 0 atom stereocenters. The molecule has 2 aromatic heterocycles. The number of nitrogens with zero attached hydrogens (tertiary/aromatic N) is 2. The topological polar surface area (TPSA) is 25.8 Å². The van der Waals surface area contributed by atoms with Crippen LogP contribution in [0.3, 0.4) is 0 Å². The molecule has 0 fully saturated rings. The van der Waals surface area contributed by atoms with E-state index < -0.39 is 15.5 Å². The van der Waals surface area contributed by atoms with E-state index in [9.17, 15) is 0 Å². The van der Waals surface area contributed by atoms with Crippen molar-refractivity contribution in [2.45, 2.75) is 9.79 Å². The molecule has 0 aliphatic heterocycles. The summed E-state index contributed by atoms with van der Waals surface area (Å²) in [6.45, 7) is 0. The first-order chi connectivity index (χ1) is 13.4. The first-order valence-corrected chi connectivity index (χ1v) is 12.6. The maximum absolute atomic E-state index is 4.85. The third-order valence-electron chi connectivity index (χ3n) is 4.17. The van der Waals surface area contributed by atoms with Gasteiger partial charge in [-0.25, -0.2) is 0 Å². The van der Waals surface area contributed by atoms with Crippen molar-refractivity contribution in [1.29, 1.82) is 0 Å². The Bertz CT molecular complexity index is 875. The second-order valence-electron chi connectivity index (χ2n) is 6.12. The van der Waals surface area contributed by atoms with Gasteiger partial charge in [-0.05, 0) is 0 Å². The fraction of sp³-hybridized carbons (Fsp3) is 0.0833. The summed E-state index contributed by atoms with van der Waals surface area (Å²) in [5, 5.41) is 0. The molecule has 0 aliphatic rings. The number of rotatable bonds is 6. The van der Waals surface area contributed by atoms with E-state index in [2.05, 4.69) is 84.9 Å². The average molecular weight is 445 g/mol. The van der Waals surface area contributed by atoms with Crippen LogP contribution in [-0.2, 0) is 25.3 Å². The molecule has 0 N–H and O–H groups in total. The number of pyridine rings is 2. The molecule has 0 unspecified atom stereocenters. The Balaban J connectivity index is 1.90. The van der Waals surface area contributed by atoms with Crippen LogP contribution < -0.4 is 8.33 Å². The van der Waals surface area contributed by atoms with Crippen LogP contribution in [0.25, 0.3) is 0 Å². The van der Waals surface area contributed by atoms with Gasteiger partial charge in [-0.3, -0.25) is 0 Å². The van der Waals surface area contributed by atoms with Gasteiger partial charge >= 0.3 is 164 Å². The Kier molecular flexibility index (Phi) is 5.53. The summed E-state index contributed by atoms with van der Waals surface area (Å²) in [5.41, 5.74) is 2.70. The van der Waals surface area contributed by atoms with Crippen molar-refractivity contribution in [1.82, 2.24) is 9.97 Å². The number of benzene rings is 2. The quantitative estimate of drug-likeness (QED) is 0.420. The van der Waals surface area contributed by atoms with Gasteiger partial charge in [-0.1, -0.05) is 0 Å². The van der Waals surface area contributed by atoms with Crippen LogP contribution in [-0.4, -0.2) is 9.97 Å². The van der Waals surface area contributed by atoms with Gasteiger partial charge in [-0.2, -0.15) is 0 Å². The molecule has 0 saturated carbocycles. The second kappa shape index (κ2) is 8.40. The molecule has 0 aliphatic carbocycles. The summed E-state index contributed by atoms with van der Waals surface area (Å²) in [7, 11) is 0. The maximum atomic E-state index is 4.85. The monoisotopic (exact) mass is 444 g/mol. The minimum absolute atomic E-state index is 0.994. The van der Waals surface area contributed by atoms with E-state index in [1.54, 1.807) is 0 Å². The Morgan fingerprint density at radius 1 is 0.481 bits per heavy atom. The predicted molar refractivity (Wildman–Crippen MR) is 108 cm³/mol. The first kappa shape index (κ1) is 17.8. The van der Waals surface area contributed by atoms with Crippen molar-refractivity contribution in [2.24, 2.45) is 0 Å². The Labute approximate surface area is 164 Å². The van der Waals surface area contributed by atoms with Crippen molar-refractivity contribution in [2.75, 3.05) is 0 Å². The van der Waals surface area contributed by atoms with Crippen molar-refractivity contribution in [3.8, 4) is 0 Å². The summed E-state index contributed by atoms with van der Waals surface area (Å²) < 4.78 is 2.40. The zero-order valence-electron chi connectivity index (χ0n) is 15.0. The van der Waals surface area contributed by atoms with Gasteiger partial charge in [0.1, 0.15) is 0 Å². The molecule has 138 valence electrons. The molecule has 0 bridgehead atoms. The van der Waals surface area contributed by atoms with Gasteiger partial charge in [0.2, 0.25) is 0 Å². The SMILES string of the molecule is c1ccc([CH2][Pd]([CH2]c2ccccc2)([c]2ccccn2)[c]2ccccn2)cc1. The van der Waals surface area contributed by atoms with Gasteiger partial charge in [0.15, 0.2) is 0 Å². The predicted octanol–water partition coefficient (Wildman–Crippen LogP) is 3.98. The van der Waals surface area contributed by atoms with Crippen LogP contribution in [0.1, 0.15) is 11.1 Å². The van der Waals surface area contributed by atoms with Crippen LogP contribution in [0.5, 0.6) is 0 Å². The van der Waals surface area contributed by atoms with Crippen LogP contribution in [0.2, 0.25) is 0 Å². The molecule has 2 nitrogen and oxygen atoms in total. The molecular formula is C24H22N2Pd. The van der Waals surface area contributed by atoms with Crippen molar-refractivity contribution in [3.05, 3.63) is 121 Å². The van der Waals surface area contributed by atoms with Gasteiger partial charge in [-0.15, -0.1) is 0 Å². The molecular weight excluding hydrogens is 423 g/mol. The molecule has 0 amide bonds. The van der Waals surface area contributed by atoms with Crippen LogP contribution in [0.15, 0.2) is 109 Å². The third-order valence-corrected chi connectivity index (χ3v) is 11.3. The van der Waals surface area contributed by atoms with Gasteiger partial charge in [0.25, 0.3) is 0 Å².